The van der Waals surface area contributed by atoms with Crippen LogP contribution in [0.4, 0.5) is 5.69 Å². The van der Waals surface area contributed by atoms with Crippen LogP contribution in [0.15, 0.2) is 48.5 Å². The van der Waals surface area contributed by atoms with E-state index in [1.807, 2.05) is 31.3 Å². The summed E-state index contributed by atoms with van der Waals surface area (Å²) in [6, 6.07) is 16.3. The van der Waals surface area contributed by atoms with Crippen molar-refractivity contribution in [1.82, 2.24) is 4.90 Å². The number of hydrogen-bond acceptors (Lipinski definition) is 4. The van der Waals surface area contributed by atoms with Crippen LogP contribution < -0.4 is 9.64 Å². The van der Waals surface area contributed by atoms with E-state index in [1.54, 1.807) is 4.90 Å². The van der Waals surface area contributed by atoms with Gasteiger partial charge in [-0.3, -0.25) is 4.79 Å². The van der Waals surface area contributed by atoms with Gasteiger partial charge in [0.1, 0.15) is 5.75 Å². The molecule has 1 amide bonds. The number of ether oxygens (including phenoxy) is 2. The number of hydrogen-bond donors (Lipinski definition) is 0. The number of morpholine rings is 1. The lowest BCUT2D eigenvalue weighted by Crippen LogP contribution is -2.38. The lowest BCUT2D eigenvalue weighted by atomic mass is 10.1. The molecule has 5 heteroatoms. The monoisotopic (exact) mass is 352 g/mol. The third-order valence-corrected chi connectivity index (χ3v) is 5.03. The zero-order valence-electron chi connectivity index (χ0n) is 15.1. The fraction of sp³-hybridized carbons (Fsp3) is 0.381. The Hall–Kier alpha value is -2.53. The minimum atomic E-state index is -0.412. The number of nitrogens with zero attached hydrogens (tertiary/aromatic N) is 2. The summed E-state index contributed by atoms with van der Waals surface area (Å²) in [4.78, 5) is 16.8. The van der Waals surface area contributed by atoms with Crippen molar-refractivity contribution >= 4 is 11.6 Å². The highest BCUT2D eigenvalue weighted by atomic mass is 16.5. The molecule has 136 valence electrons. The van der Waals surface area contributed by atoms with E-state index in [-0.39, 0.29) is 5.91 Å². The third kappa shape index (κ3) is 3.53. The van der Waals surface area contributed by atoms with Gasteiger partial charge in [-0.25, -0.2) is 0 Å². The van der Waals surface area contributed by atoms with Gasteiger partial charge >= 0.3 is 0 Å². The Morgan fingerprint density at radius 3 is 2.58 bits per heavy atom. The van der Waals surface area contributed by atoms with Crippen molar-refractivity contribution in [2.24, 2.45) is 0 Å². The molecule has 0 bridgehead atoms. The molecular formula is C21H24N2O3. The smallest absolute Gasteiger partial charge is 0.264 e. The van der Waals surface area contributed by atoms with Gasteiger partial charge in [0, 0.05) is 38.8 Å². The summed E-state index contributed by atoms with van der Waals surface area (Å²) in [7, 11) is 1.84. The minimum Gasteiger partial charge on any atom is -0.480 e. The van der Waals surface area contributed by atoms with E-state index < -0.39 is 6.10 Å². The molecule has 1 fully saturated rings. The largest absolute Gasteiger partial charge is 0.480 e. The number of para-hydroxylation sites is 1. The highest BCUT2D eigenvalue weighted by Crippen LogP contribution is 2.29. The molecule has 5 nitrogen and oxygen atoms in total. The van der Waals surface area contributed by atoms with Crippen LogP contribution in [0.1, 0.15) is 11.1 Å². The maximum Gasteiger partial charge on any atom is 0.264 e. The second kappa shape index (κ2) is 7.38. The average Bonchev–Trinajstić information content (AvgIpc) is 3.13. The maximum absolute atomic E-state index is 12.7. The first-order chi connectivity index (χ1) is 12.7. The van der Waals surface area contributed by atoms with Crippen LogP contribution in [-0.4, -0.2) is 50.3 Å². The Bertz CT molecular complexity index is 744. The van der Waals surface area contributed by atoms with E-state index >= 15 is 0 Å². The molecule has 26 heavy (non-hydrogen) atoms. The molecule has 1 atom stereocenters. The van der Waals surface area contributed by atoms with Crippen molar-refractivity contribution in [3.8, 4) is 5.75 Å². The second-order valence-electron chi connectivity index (χ2n) is 6.88. The first-order valence-corrected chi connectivity index (χ1v) is 9.12. The van der Waals surface area contributed by atoms with Crippen molar-refractivity contribution in [2.45, 2.75) is 19.1 Å². The topological polar surface area (TPSA) is 42.0 Å². The van der Waals surface area contributed by atoms with Crippen LogP contribution in [0, 0.1) is 0 Å². The third-order valence-electron chi connectivity index (χ3n) is 5.03. The van der Waals surface area contributed by atoms with Gasteiger partial charge < -0.3 is 19.3 Å². The second-order valence-corrected chi connectivity index (χ2v) is 6.88. The molecule has 0 N–H and O–H groups in total. The fourth-order valence-corrected chi connectivity index (χ4v) is 3.55. The van der Waals surface area contributed by atoms with E-state index in [2.05, 4.69) is 29.2 Å². The van der Waals surface area contributed by atoms with Crippen molar-refractivity contribution in [2.75, 3.05) is 38.3 Å². The number of carbonyl (C=O) groups excluding carboxylic acids is 1. The Morgan fingerprint density at radius 2 is 1.85 bits per heavy atom. The lowest BCUT2D eigenvalue weighted by Gasteiger charge is -2.29. The van der Waals surface area contributed by atoms with E-state index in [9.17, 15) is 4.79 Å². The van der Waals surface area contributed by atoms with E-state index in [1.165, 1.54) is 5.69 Å². The summed E-state index contributed by atoms with van der Waals surface area (Å²) >= 11 is 0. The van der Waals surface area contributed by atoms with Crippen LogP contribution >= 0.6 is 0 Å². The molecule has 0 saturated carbocycles. The Balaban J connectivity index is 1.35. The van der Waals surface area contributed by atoms with Gasteiger partial charge in [-0.1, -0.05) is 30.3 Å². The number of likely N-dealkylation sites (N-methyl/N-ethyl adjacent to an activating group) is 1. The normalized spacial score (nSPS) is 19.0. The highest BCUT2D eigenvalue weighted by molar-refractivity contribution is 5.82. The van der Waals surface area contributed by atoms with Gasteiger partial charge in [-0.05, 0) is 29.3 Å². The molecule has 0 spiro atoms. The Morgan fingerprint density at radius 1 is 1.12 bits per heavy atom. The molecular weight excluding hydrogens is 328 g/mol. The predicted molar refractivity (Wildman–Crippen MR) is 101 cm³/mol. The number of fused-ring (bicyclic) bond motifs is 1. The first-order valence-electron chi connectivity index (χ1n) is 9.12. The number of amides is 1. The molecule has 2 aliphatic heterocycles. The molecule has 0 radical (unpaired) electrons. The first kappa shape index (κ1) is 16.9. The number of carbonyl (C=O) groups is 1. The van der Waals surface area contributed by atoms with E-state index in [0.29, 0.717) is 13.0 Å². The van der Waals surface area contributed by atoms with E-state index in [4.69, 9.17) is 9.47 Å². The minimum absolute atomic E-state index is 0.0263. The van der Waals surface area contributed by atoms with Gasteiger partial charge in [0.15, 0.2) is 6.10 Å². The molecule has 0 unspecified atom stereocenters. The fourth-order valence-electron chi connectivity index (χ4n) is 3.55. The van der Waals surface area contributed by atoms with Crippen molar-refractivity contribution in [1.29, 1.82) is 0 Å². The van der Waals surface area contributed by atoms with Gasteiger partial charge in [-0.15, -0.1) is 0 Å². The van der Waals surface area contributed by atoms with Crippen molar-refractivity contribution in [3.63, 3.8) is 0 Å². The van der Waals surface area contributed by atoms with Gasteiger partial charge in [0.2, 0.25) is 0 Å². The highest BCUT2D eigenvalue weighted by Gasteiger charge is 2.30. The van der Waals surface area contributed by atoms with E-state index in [0.717, 1.165) is 43.2 Å². The summed E-state index contributed by atoms with van der Waals surface area (Å²) in [5, 5.41) is 0. The molecule has 2 aliphatic rings. The molecule has 2 heterocycles. The maximum atomic E-state index is 12.7. The molecule has 2 aromatic rings. The van der Waals surface area contributed by atoms with Crippen molar-refractivity contribution < 1.29 is 14.3 Å². The molecule has 4 rings (SSSR count). The van der Waals surface area contributed by atoms with Gasteiger partial charge in [0.05, 0.1) is 13.2 Å². The van der Waals surface area contributed by atoms with Crippen LogP contribution in [-0.2, 0) is 22.5 Å². The quantitative estimate of drug-likeness (QED) is 0.848. The molecule has 2 aromatic carbocycles. The van der Waals surface area contributed by atoms with Gasteiger partial charge in [0.25, 0.3) is 5.91 Å². The summed E-state index contributed by atoms with van der Waals surface area (Å²) in [5.41, 5.74) is 3.43. The Kier molecular flexibility index (Phi) is 4.80. The molecule has 0 aromatic heterocycles. The number of anilines is 1. The summed E-state index contributed by atoms with van der Waals surface area (Å²) < 4.78 is 11.2. The van der Waals surface area contributed by atoms with Crippen molar-refractivity contribution in [3.05, 3.63) is 59.7 Å². The van der Waals surface area contributed by atoms with Gasteiger partial charge in [-0.2, -0.15) is 0 Å². The summed E-state index contributed by atoms with van der Waals surface area (Å²) in [6.07, 6.45) is 0.236. The molecule has 0 aliphatic carbocycles. The average molecular weight is 352 g/mol. The standard InChI is InChI=1S/C21H24N2O3/c1-22(21(24)20-14-17-4-2-3-5-19(17)26-20)15-16-6-8-18(9-7-16)23-10-12-25-13-11-23/h2-9,20H,10-15H2,1H3/t20-/m0/s1. The lowest BCUT2D eigenvalue weighted by molar-refractivity contribution is -0.137. The Labute approximate surface area is 154 Å². The SMILES string of the molecule is CN(Cc1ccc(N2CCOCC2)cc1)C(=O)[C@@H]1Cc2ccccc2O1. The van der Waals surface area contributed by atoms with Crippen LogP contribution in [0.5, 0.6) is 5.75 Å². The zero-order chi connectivity index (χ0) is 17.9. The van der Waals surface area contributed by atoms with Crippen LogP contribution in [0.25, 0.3) is 0 Å². The summed E-state index contributed by atoms with van der Waals surface area (Å²) in [6.45, 7) is 4.00. The molecule has 1 saturated heterocycles. The summed E-state index contributed by atoms with van der Waals surface area (Å²) in [5.74, 6) is 0.854. The predicted octanol–water partition coefficient (Wildman–Crippen LogP) is 2.49. The number of benzene rings is 2. The zero-order valence-corrected chi connectivity index (χ0v) is 15.1. The van der Waals surface area contributed by atoms with Crippen LogP contribution in [0.3, 0.4) is 0 Å². The van der Waals surface area contributed by atoms with Crippen LogP contribution in [0.2, 0.25) is 0 Å². The number of rotatable bonds is 4.